The fourth-order valence-electron chi connectivity index (χ4n) is 6.31. The molecule has 0 spiro atoms. The van der Waals surface area contributed by atoms with Crippen LogP contribution in [0.4, 0.5) is 16.6 Å². The van der Waals surface area contributed by atoms with Crippen molar-refractivity contribution in [3.05, 3.63) is 29.3 Å². The van der Waals surface area contributed by atoms with Gasteiger partial charge in [-0.15, -0.1) is 0 Å². The van der Waals surface area contributed by atoms with E-state index in [2.05, 4.69) is 65.0 Å². The number of H-pyrrole nitrogens is 1. The van der Waals surface area contributed by atoms with Gasteiger partial charge in [0.05, 0.1) is 25.9 Å². The molecule has 2 fully saturated rings. The predicted octanol–water partition coefficient (Wildman–Crippen LogP) is 1.00. The molecule has 346 valence electrons. The molecule has 2 aliphatic rings. The number of aromatic nitrogens is 8. The van der Waals surface area contributed by atoms with E-state index in [0.29, 0.717) is 30.9 Å². The molecule has 6 heterocycles. The monoisotopic (exact) mass is 999 g/mol. The van der Waals surface area contributed by atoms with E-state index in [1.165, 1.54) is 45.7 Å². The van der Waals surface area contributed by atoms with Crippen molar-refractivity contribution in [3.8, 4) is 0 Å². The maximum atomic E-state index is 13.8. The average molecular weight is 1000 g/mol. The predicted molar refractivity (Wildman–Crippen MR) is 233 cm³/mol. The lowest BCUT2D eigenvalue weighted by Gasteiger charge is -2.26. The summed E-state index contributed by atoms with van der Waals surface area (Å²) < 4.78 is 61.9. The molecule has 0 aromatic carbocycles. The van der Waals surface area contributed by atoms with E-state index in [9.17, 15) is 43.6 Å². The number of carbonyl (C=O) groups is 3. The number of ether oxygens (including phenoxy) is 3. The number of aromatic amines is 1. The lowest BCUT2D eigenvalue weighted by molar-refractivity contribution is -0.121. The molecule has 32 heteroatoms. The van der Waals surface area contributed by atoms with Gasteiger partial charge >= 0.3 is 12.9 Å². The summed E-state index contributed by atoms with van der Waals surface area (Å²) in [6.07, 6.45) is -7.64. The Morgan fingerprint density at radius 1 is 1.02 bits per heavy atom. The van der Waals surface area contributed by atoms with Gasteiger partial charge in [-0.3, -0.25) is 47.4 Å². The zero-order valence-corrected chi connectivity index (χ0v) is 38.1. The minimum atomic E-state index is -4.56. The van der Waals surface area contributed by atoms with Gasteiger partial charge in [0.15, 0.2) is 35.1 Å². The number of ketones is 1. The van der Waals surface area contributed by atoms with E-state index in [1.807, 2.05) is 0 Å². The van der Waals surface area contributed by atoms with Crippen LogP contribution in [0.1, 0.15) is 38.6 Å². The third kappa shape index (κ3) is 12.5. The third-order valence-electron chi connectivity index (χ3n) is 9.20. The summed E-state index contributed by atoms with van der Waals surface area (Å²) in [4.78, 5) is 71.2. The van der Waals surface area contributed by atoms with Crippen LogP contribution >= 0.6 is 60.1 Å². The lowest BCUT2D eigenvalue weighted by Crippen LogP contribution is -2.36. The van der Waals surface area contributed by atoms with E-state index in [4.69, 9.17) is 33.5 Å². The highest BCUT2D eigenvalue weighted by molar-refractivity contribution is 8.76. The zero-order chi connectivity index (χ0) is 45.4. The molecule has 8 N–H and O–H groups in total. The van der Waals surface area contributed by atoms with Gasteiger partial charge in [-0.25, -0.2) is 29.3 Å². The van der Waals surface area contributed by atoms with Gasteiger partial charge in [-0.05, 0) is 13.3 Å². The number of nitrogens with zero attached hydrogens (tertiary/aromatic N) is 7. The molecule has 6 rings (SSSR count). The topological polar surface area (TPSA) is 359 Å². The van der Waals surface area contributed by atoms with Crippen LogP contribution in [0.5, 0.6) is 0 Å². The van der Waals surface area contributed by atoms with E-state index < -0.39 is 88.0 Å². The van der Waals surface area contributed by atoms with Crippen molar-refractivity contribution >= 4 is 112 Å². The van der Waals surface area contributed by atoms with E-state index in [0.717, 1.165) is 10.9 Å². The average Bonchev–Trinajstić information content (AvgIpc) is 3.99. The molecule has 63 heavy (non-hydrogen) atoms. The van der Waals surface area contributed by atoms with Gasteiger partial charge in [-0.1, -0.05) is 46.1 Å². The van der Waals surface area contributed by atoms with Crippen molar-refractivity contribution in [1.82, 2.24) is 44.4 Å². The molecule has 4 aromatic rings. The fourth-order valence-corrected chi connectivity index (χ4v) is 10.6. The van der Waals surface area contributed by atoms with Crippen molar-refractivity contribution in [2.75, 3.05) is 48.9 Å². The summed E-state index contributed by atoms with van der Waals surface area (Å²) in [7, 11) is -0.0801. The number of nitrogens with two attached hydrogens (primary N) is 1. The van der Waals surface area contributed by atoms with E-state index >= 15 is 0 Å². The highest BCUT2D eigenvalue weighted by Crippen LogP contribution is 2.57. The maximum Gasteiger partial charge on any atom is 0.413 e. The molecule has 10 atom stereocenters. The number of carbonyl (C=O) groups excluding carboxylic acids is 3. The van der Waals surface area contributed by atoms with Crippen molar-refractivity contribution in [1.29, 1.82) is 0 Å². The number of Topliss-reactive ketones (excluding diaryl/α,β-unsaturated/α-hetero) is 1. The Balaban J connectivity index is 1.06. The maximum absolute atomic E-state index is 13.8. The number of aliphatic hydroxyl groups is 3. The van der Waals surface area contributed by atoms with Crippen LogP contribution in [-0.2, 0) is 46.5 Å². The Labute approximate surface area is 375 Å². The van der Waals surface area contributed by atoms with Crippen molar-refractivity contribution in [3.63, 3.8) is 0 Å². The Morgan fingerprint density at radius 2 is 1.73 bits per heavy atom. The number of hydrogen-bond acceptors (Lipinski definition) is 23. The number of fused-ring (bicyclic) bond motifs is 2. The first-order valence-electron chi connectivity index (χ1n) is 18.7. The second-order valence-corrected chi connectivity index (χ2v) is 21.0. The molecule has 2 aliphatic heterocycles. The van der Waals surface area contributed by atoms with Crippen LogP contribution in [0, 0.1) is 0 Å². The number of thiol groups is 2. The number of nitrogen functional groups attached to an aromatic ring is 1. The number of aliphatic hydroxyl groups excluding tert-OH is 3. The number of hydrogen-bond donors (Lipinski definition) is 9. The number of anilines is 2. The van der Waals surface area contributed by atoms with Gasteiger partial charge in [0.2, 0.25) is 19.1 Å². The standard InChI is InChI=1S/C31H43N11O15P2S4/c1-14(44)4-5-33-17(45)3-2-7-62-63-8-6-52-31(49)40-30-38-26-19(27(48)39-30)37-13-42(26)29-23(20(46)15(9-43)54-29)57-59(51,61)53-10-16-22(56-58(50)60)21(47)28(55-16)41-12-36-18-24(32)34-11-35-25(18)41/h11-13,15-16,20-23,28-29,43,46-47,58H,2-10H2,1H3,(H,33,45)(H,50,60)(H,51,61)(H2,32,34,35)(H2,38,39,40,48,49)/t15?,16-,20-,21-,22-,23-,28-,29-,59?/m1/s1. The highest BCUT2D eigenvalue weighted by Gasteiger charge is 2.51. The van der Waals surface area contributed by atoms with Crippen LogP contribution in [0.2, 0.25) is 0 Å². The number of amides is 2. The first-order chi connectivity index (χ1) is 30.1. The second kappa shape index (κ2) is 22.2. The van der Waals surface area contributed by atoms with Crippen LogP contribution in [0.15, 0.2) is 23.8 Å². The molecule has 26 nitrogen and oxygen atoms in total. The Bertz CT molecular complexity index is 2400. The van der Waals surface area contributed by atoms with Crippen molar-refractivity contribution < 1.29 is 66.6 Å². The second-order valence-electron chi connectivity index (χ2n) is 13.6. The van der Waals surface area contributed by atoms with E-state index in [-0.39, 0.29) is 58.8 Å². The summed E-state index contributed by atoms with van der Waals surface area (Å²) in [6, 6.07) is 0. The van der Waals surface area contributed by atoms with Gasteiger partial charge in [0, 0.05) is 30.9 Å². The summed E-state index contributed by atoms with van der Waals surface area (Å²) in [5.74, 6) is 0.645. The summed E-state index contributed by atoms with van der Waals surface area (Å²) >= 11 is 7.91. The SMILES string of the molecule is CC(=O)CCNC(=O)CCCSSCCOC(=O)Nc1nc2c(ncn2[C@@H]2OC(CO)[C@@H](O)[C@H]2OP(=O)(S)OC[C@H]2O[C@@H](n3cnc4c(N)ncnc43)[C@H](O)[C@@H]2O[PH](=O)S)c(=O)[nH]1. The molecular formula is C31H43N11O15P2S4. The molecule has 0 aliphatic carbocycles. The van der Waals surface area contributed by atoms with Crippen LogP contribution in [0.25, 0.3) is 22.3 Å². The van der Waals surface area contributed by atoms with Crippen LogP contribution < -0.4 is 21.9 Å². The Kier molecular flexibility index (Phi) is 17.3. The third-order valence-corrected chi connectivity index (χ3v) is 14.1. The molecule has 2 amide bonds. The Morgan fingerprint density at radius 3 is 2.46 bits per heavy atom. The quantitative estimate of drug-likeness (QED) is 0.0229. The molecule has 3 unspecified atom stereocenters. The highest BCUT2D eigenvalue weighted by atomic mass is 33.1. The minimum Gasteiger partial charge on any atom is -0.448 e. The van der Waals surface area contributed by atoms with Gasteiger partial charge < -0.3 is 45.1 Å². The largest absolute Gasteiger partial charge is 0.448 e. The summed E-state index contributed by atoms with van der Waals surface area (Å²) in [5, 5.41) is 37.3. The Hall–Kier alpha value is -3.35. The fraction of sp³-hybridized carbons (Fsp3) is 0.581. The lowest BCUT2D eigenvalue weighted by atomic mass is 10.1. The number of nitrogens with one attached hydrogen (secondary N) is 3. The normalized spacial score (nSPS) is 25.0. The van der Waals surface area contributed by atoms with Crippen LogP contribution in [-0.4, -0.2) is 147 Å². The van der Waals surface area contributed by atoms with Gasteiger partial charge in [-0.2, -0.15) is 4.98 Å². The molecule has 0 radical (unpaired) electrons. The molecule has 2 saturated heterocycles. The summed E-state index contributed by atoms with van der Waals surface area (Å²) in [5.41, 5.74) is 5.09. The number of imidazole rings is 2. The first kappa shape index (κ1) is 49.1. The molecule has 4 aromatic heterocycles. The van der Waals surface area contributed by atoms with Crippen LogP contribution in [0.3, 0.4) is 0 Å². The molecule has 0 saturated carbocycles. The smallest absolute Gasteiger partial charge is 0.413 e. The van der Waals surface area contributed by atoms with Crippen molar-refractivity contribution in [2.24, 2.45) is 0 Å². The number of rotatable bonds is 22. The first-order valence-corrected chi connectivity index (χ1v) is 26.5. The summed E-state index contributed by atoms with van der Waals surface area (Å²) in [6.45, 7) is -4.19. The van der Waals surface area contributed by atoms with Gasteiger partial charge in [0.25, 0.3) is 5.56 Å². The van der Waals surface area contributed by atoms with Gasteiger partial charge in [0.1, 0.15) is 60.9 Å². The minimum absolute atomic E-state index is 0.00206. The molecular weight excluding hydrogens is 957 g/mol. The molecule has 0 bridgehead atoms. The van der Waals surface area contributed by atoms with Crippen molar-refractivity contribution in [2.45, 2.75) is 75.3 Å². The van der Waals surface area contributed by atoms with E-state index in [1.54, 1.807) is 0 Å². The zero-order valence-electron chi connectivity index (χ0n) is 32.8.